The van der Waals surface area contributed by atoms with Crippen molar-refractivity contribution in [3.8, 4) is 34.5 Å². The average molecular weight is 553 g/mol. The first-order valence-corrected chi connectivity index (χ1v) is 13.6. The zero-order chi connectivity index (χ0) is 28.6. The van der Waals surface area contributed by atoms with Gasteiger partial charge in [0.1, 0.15) is 18.5 Å². The fraction of sp³-hybridized carbons (Fsp3) is 0.483. The molecule has 0 bridgehead atoms. The van der Waals surface area contributed by atoms with Crippen LogP contribution in [0, 0.1) is 6.92 Å². The third kappa shape index (κ3) is 7.35. The second kappa shape index (κ2) is 13.4. The number of rotatable bonds is 13. The minimum Gasteiger partial charge on any atom is -0.490 e. The first-order valence-electron chi connectivity index (χ1n) is 13.6. The highest BCUT2D eigenvalue weighted by molar-refractivity contribution is 5.80. The molecule has 1 aromatic carbocycles. The van der Waals surface area contributed by atoms with Crippen LogP contribution < -0.4 is 14.8 Å². The summed E-state index contributed by atoms with van der Waals surface area (Å²) in [7, 11) is 1.60. The Bertz CT molecular complexity index is 1330. The molecule has 0 saturated heterocycles. The minimum absolute atomic E-state index is 0.0358. The van der Waals surface area contributed by atoms with Crippen molar-refractivity contribution >= 4 is 11.9 Å². The lowest BCUT2D eigenvalue weighted by Crippen LogP contribution is -2.35. The number of aliphatic hydroxyl groups is 1. The number of hydrogen-bond donors (Lipinski definition) is 3. The van der Waals surface area contributed by atoms with Crippen molar-refractivity contribution in [1.82, 2.24) is 20.4 Å². The zero-order valence-corrected chi connectivity index (χ0v) is 23.1. The second-order valence-electron chi connectivity index (χ2n) is 10.0. The molecule has 1 amide bonds. The molecule has 1 aliphatic carbocycles. The van der Waals surface area contributed by atoms with E-state index in [9.17, 15) is 14.7 Å². The van der Waals surface area contributed by atoms with Crippen LogP contribution in [-0.2, 0) is 16.0 Å². The molecule has 214 valence electrons. The van der Waals surface area contributed by atoms with E-state index in [2.05, 4.69) is 20.4 Å². The summed E-state index contributed by atoms with van der Waals surface area (Å²) in [6.45, 7) is 3.83. The quantitative estimate of drug-likeness (QED) is 0.282. The van der Waals surface area contributed by atoms with Gasteiger partial charge in [-0.1, -0.05) is 24.9 Å². The van der Waals surface area contributed by atoms with E-state index in [0.717, 1.165) is 40.8 Å². The van der Waals surface area contributed by atoms with Crippen molar-refractivity contribution in [1.29, 1.82) is 0 Å². The molecule has 3 N–H and O–H groups in total. The number of nitrogens with one attached hydrogen (secondary N) is 1. The van der Waals surface area contributed by atoms with Crippen molar-refractivity contribution in [3.05, 3.63) is 41.1 Å². The number of aliphatic carboxylic acids is 1. The zero-order valence-electron chi connectivity index (χ0n) is 23.1. The molecule has 11 nitrogen and oxygen atoms in total. The van der Waals surface area contributed by atoms with Gasteiger partial charge in [-0.3, -0.25) is 9.59 Å². The molecule has 4 rings (SSSR count). The van der Waals surface area contributed by atoms with Gasteiger partial charge in [-0.25, -0.2) is 4.98 Å². The molecule has 0 unspecified atom stereocenters. The molecule has 1 atom stereocenters. The van der Waals surface area contributed by atoms with Gasteiger partial charge in [0.15, 0.2) is 0 Å². The molecule has 2 aromatic heterocycles. The van der Waals surface area contributed by atoms with E-state index in [1.807, 2.05) is 32.0 Å². The van der Waals surface area contributed by atoms with E-state index in [4.69, 9.17) is 19.1 Å². The Morgan fingerprint density at radius 2 is 1.90 bits per heavy atom. The van der Waals surface area contributed by atoms with Crippen LogP contribution in [0.4, 0.5) is 0 Å². The van der Waals surface area contributed by atoms with Crippen molar-refractivity contribution in [2.24, 2.45) is 0 Å². The van der Waals surface area contributed by atoms with E-state index in [1.165, 1.54) is 12.8 Å². The third-order valence-corrected chi connectivity index (χ3v) is 6.99. The molecular weight excluding hydrogens is 516 g/mol. The number of hydrogen-bond acceptors (Lipinski definition) is 9. The molecule has 0 radical (unpaired) electrons. The van der Waals surface area contributed by atoms with Crippen LogP contribution in [0.5, 0.6) is 11.6 Å². The number of aliphatic hydroxyl groups excluding tert-OH is 1. The summed E-state index contributed by atoms with van der Waals surface area (Å²) in [5, 5.41) is 25.7. The Morgan fingerprint density at radius 1 is 1.12 bits per heavy atom. The lowest BCUT2D eigenvalue weighted by Gasteiger charge is -2.17. The van der Waals surface area contributed by atoms with Crippen LogP contribution in [0.3, 0.4) is 0 Å². The number of aryl methyl sites for hydroxylation is 2. The number of aromatic nitrogens is 3. The highest BCUT2D eigenvalue weighted by atomic mass is 16.5. The standard InChI is InChI=1S/C29H36N4O7/c1-4-18-12-20(11-17(2)27(18)39-16-22(34)15-30-24(35)9-10-26(36)37)28-32-29(40-33-28)21-13-23(19-7-5-6-8-19)31-25(14-21)38-3/h11-14,19,22,34H,4-10,15-16H2,1-3H3,(H,30,35)(H,36,37)/t22-/m0/s1. The van der Waals surface area contributed by atoms with Crippen LogP contribution in [0.25, 0.3) is 22.8 Å². The van der Waals surface area contributed by atoms with Crippen LogP contribution in [0.15, 0.2) is 28.8 Å². The number of carbonyl (C=O) groups is 2. The van der Waals surface area contributed by atoms with Crippen molar-refractivity contribution in [3.63, 3.8) is 0 Å². The molecule has 1 fully saturated rings. The van der Waals surface area contributed by atoms with Gasteiger partial charge in [-0.05, 0) is 55.5 Å². The first-order chi connectivity index (χ1) is 19.3. The Hall–Kier alpha value is -3.99. The Morgan fingerprint density at radius 3 is 2.60 bits per heavy atom. The van der Waals surface area contributed by atoms with Gasteiger partial charge in [0, 0.05) is 41.8 Å². The molecule has 2 heterocycles. The number of ether oxygens (including phenoxy) is 2. The summed E-state index contributed by atoms with van der Waals surface area (Å²) >= 11 is 0. The first kappa shape index (κ1) is 29.0. The molecular formula is C29H36N4O7. The molecule has 0 aliphatic heterocycles. The molecule has 3 aromatic rings. The van der Waals surface area contributed by atoms with Gasteiger partial charge < -0.3 is 29.5 Å². The Labute approximate surface area is 232 Å². The van der Waals surface area contributed by atoms with E-state index in [1.54, 1.807) is 13.2 Å². The van der Waals surface area contributed by atoms with Gasteiger partial charge in [-0.2, -0.15) is 4.98 Å². The summed E-state index contributed by atoms with van der Waals surface area (Å²) in [6.07, 6.45) is 3.94. The summed E-state index contributed by atoms with van der Waals surface area (Å²) in [6, 6.07) is 7.65. The average Bonchev–Trinajstić information content (AvgIpc) is 3.67. The van der Waals surface area contributed by atoms with Crippen molar-refractivity contribution in [2.45, 2.75) is 70.8 Å². The van der Waals surface area contributed by atoms with Crippen LogP contribution in [0.1, 0.15) is 68.2 Å². The van der Waals surface area contributed by atoms with E-state index in [0.29, 0.717) is 35.7 Å². The monoisotopic (exact) mass is 552 g/mol. The highest BCUT2D eigenvalue weighted by Crippen LogP contribution is 2.36. The predicted octanol–water partition coefficient (Wildman–Crippen LogP) is 4.06. The van der Waals surface area contributed by atoms with Gasteiger partial charge in [-0.15, -0.1) is 0 Å². The maximum Gasteiger partial charge on any atom is 0.303 e. The van der Waals surface area contributed by atoms with Crippen molar-refractivity contribution in [2.75, 3.05) is 20.3 Å². The fourth-order valence-electron chi connectivity index (χ4n) is 4.87. The van der Waals surface area contributed by atoms with Crippen molar-refractivity contribution < 1.29 is 33.8 Å². The minimum atomic E-state index is -1.05. The number of pyridine rings is 1. The number of amides is 1. The van der Waals surface area contributed by atoms with E-state index in [-0.39, 0.29) is 26.0 Å². The maximum atomic E-state index is 11.7. The van der Waals surface area contributed by atoms with Gasteiger partial charge in [0.05, 0.1) is 13.5 Å². The maximum absolute atomic E-state index is 11.7. The molecule has 0 spiro atoms. The van der Waals surface area contributed by atoms with Gasteiger partial charge in [0.25, 0.3) is 5.89 Å². The number of carboxylic acids is 1. The molecule has 1 saturated carbocycles. The smallest absolute Gasteiger partial charge is 0.303 e. The summed E-state index contributed by atoms with van der Waals surface area (Å²) in [5.74, 6) is 0.924. The summed E-state index contributed by atoms with van der Waals surface area (Å²) in [4.78, 5) is 31.6. The number of carboxylic acid groups (broad SMARTS) is 1. The summed E-state index contributed by atoms with van der Waals surface area (Å²) < 4.78 is 17.0. The molecule has 11 heteroatoms. The number of carbonyl (C=O) groups excluding carboxylic acids is 1. The number of methoxy groups -OCH3 is 1. The Kier molecular flexibility index (Phi) is 9.70. The van der Waals surface area contributed by atoms with Crippen LogP contribution >= 0.6 is 0 Å². The molecule has 40 heavy (non-hydrogen) atoms. The predicted molar refractivity (Wildman–Crippen MR) is 146 cm³/mol. The lowest BCUT2D eigenvalue weighted by atomic mass is 10.0. The largest absolute Gasteiger partial charge is 0.490 e. The van der Waals surface area contributed by atoms with E-state index >= 15 is 0 Å². The summed E-state index contributed by atoms with van der Waals surface area (Å²) in [5.41, 5.74) is 4.28. The number of nitrogens with zero attached hydrogens (tertiary/aromatic N) is 3. The van der Waals surface area contributed by atoms with E-state index < -0.39 is 18.0 Å². The van der Waals surface area contributed by atoms with Gasteiger partial charge >= 0.3 is 5.97 Å². The SMILES string of the molecule is CCc1cc(-c2noc(-c3cc(OC)nc(C4CCCC4)c3)n2)cc(C)c1OC[C@@H](O)CNC(=O)CCC(=O)O. The topological polar surface area (TPSA) is 157 Å². The molecule has 1 aliphatic rings. The second-order valence-corrected chi connectivity index (χ2v) is 10.0. The van der Waals surface area contributed by atoms with Gasteiger partial charge in [0.2, 0.25) is 17.6 Å². The van der Waals surface area contributed by atoms with Crippen LogP contribution in [-0.4, -0.2) is 63.6 Å². The Balaban J connectivity index is 1.45. The van der Waals surface area contributed by atoms with Crippen LogP contribution in [0.2, 0.25) is 0 Å². The highest BCUT2D eigenvalue weighted by Gasteiger charge is 2.22. The lowest BCUT2D eigenvalue weighted by molar-refractivity contribution is -0.138. The third-order valence-electron chi connectivity index (χ3n) is 6.99. The normalized spacial score (nSPS) is 14.2. The number of benzene rings is 1. The fourth-order valence-corrected chi connectivity index (χ4v) is 4.87.